The third kappa shape index (κ3) is 1.67. The molecular weight excluding hydrogens is 232 g/mol. The number of nitrogens with zero attached hydrogens (tertiary/aromatic N) is 4. The van der Waals surface area contributed by atoms with Gasteiger partial charge in [0.25, 0.3) is 0 Å². The van der Waals surface area contributed by atoms with Crippen LogP contribution in [0.25, 0.3) is 22.4 Å². The number of pyridine rings is 2. The first-order valence-corrected chi connectivity index (χ1v) is 5.69. The van der Waals surface area contributed by atoms with Gasteiger partial charge in [-0.25, -0.2) is 9.97 Å². The fourth-order valence-corrected chi connectivity index (χ4v) is 1.88. The van der Waals surface area contributed by atoms with Crippen LogP contribution in [0.1, 0.15) is 12.7 Å². The number of imidazole rings is 1. The van der Waals surface area contributed by atoms with E-state index in [1.807, 2.05) is 6.92 Å². The van der Waals surface area contributed by atoms with Gasteiger partial charge in [0.15, 0.2) is 5.82 Å². The van der Waals surface area contributed by atoms with Crippen molar-refractivity contribution in [2.75, 3.05) is 6.61 Å². The predicted molar refractivity (Wildman–Crippen MR) is 64.5 cm³/mol. The van der Waals surface area contributed by atoms with Crippen molar-refractivity contribution in [3.05, 3.63) is 30.4 Å². The van der Waals surface area contributed by atoms with Gasteiger partial charge in [0.05, 0.1) is 6.20 Å². The highest BCUT2D eigenvalue weighted by Crippen LogP contribution is 2.26. The van der Waals surface area contributed by atoms with Gasteiger partial charge in [0, 0.05) is 12.8 Å². The third-order valence-corrected chi connectivity index (χ3v) is 2.67. The second-order valence-electron chi connectivity index (χ2n) is 3.86. The highest BCUT2D eigenvalue weighted by atomic mass is 16.5. The van der Waals surface area contributed by atoms with E-state index in [0.29, 0.717) is 41.5 Å². The molecule has 1 aromatic heterocycles. The lowest BCUT2D eigenvalue weighted by molar-refractivity contribution is 0.129. The Morgan fingerprint density at radius 1 is 1.39 bits per heavy atom. The second-order valence-corrected chi connectivity index (χ2v) is 3.86. The Kier molecular flexibility index (Phi) is 2.56. The number of fused-ring (bicyclic) bond motifs is 3. The van der Waals surface area contributed by atoms with Gasteiger partial charge >= 0.3 is 0 Å². The Balaban J connectivity index is 2.20. The van der Waals surface area contributed by atoms with Gasteiger partial charge in [-0.1, -0.05) is 0 Å². The molecule has 1 N–H and O–H groups in total. The largest absolute Gasteiger partial charge is 0.428 e. The first-order chi connectivity index (χ1) is 8.79. The van der Waals surface area contributed by atoms with Crippen LogP contribution in [0.2, 0.25) is 0 Å². The minimum Gasteiger partial charge on any atom is -0.428 e. The van der Waals surface area contributed by atoms with Crippen LogP contribution in [0.4, 0.5) is 0 Å². The molecule has 3 heterocycles. The average molecular weight is 244 g/mol. The Labute approximate surface area is 103 Å². The minimum atomic E-state index is 0.366. The molecule has 0 unspecified atom stereocenters. The fourth-order valence-electron chi connectivity index (χ4n) is 1.88. The minimum absolute atomic E-state index is 0.366. The molecule has 1 aromatic rings. The lowest BCUT2D eigenvalue weighted by atomic mass is 10.2. The average Bonchev–Trinajstić information content (AvgIpc) is 2.80. The van der Waals surface area contributed by atoms with Crippen molar-refractivity contribution in [1.29, 1.82) is 0 Å². The summed E-state index contributed by atoms with van der Waals surface area (Å²) in [7, 11) is 0. The molecule has 0 saturated carbocycles. The molecule has 0 spiro atoms. The van der Waals surface area contributed by atoms with Gasteiger partial charge in [0.2, 0.25) is 0 Å². The molecule has 0 radical (unpaired) electrons. The molecule has 0 amide bonds. The van der Waals surface area contributed by atoms with Gasteiger partial charge < -0.3 is 9.94 Å². The summed E-state index contributed by atoms with van der Waals surface area (Å²) in [5.74, 6) is 0.602. The number of ether oxygens (including phenoxy) is 1. The standard InChI is InChI=1S/C12H12N4O2/c1-2-18-7-10-14-8-6-16(17)9-4-3-5-13-12(9)11(8)15-10/h3-6,17H,2,7H2,1H3. The van der Waals surface area contributed by atoms with Crippen LogP contribution in [0.3, 0.4) is 0 Å². The Morgan fingerprint density at radius 2 is 2.28 bits per heavy atom. The maximum atomic E-state index is 9.83. The SMILES string of the molecule is CCOCc1nc2cn(O)c3cccnc3c-2n1. The van der Waals surface area contributed by atoms with Crippen LogP contribution in [0.5, 0.6) is 0 Å². The predicted octanol–water partition coefficient (Wildman–Crippen LogP) is 1.70. The molecule has 0 aliphatic carbocycles. The molecule has 0 saturated heterocycles. The Hall–Kier alpha value is -2.21. The summed E-state index contributed by atoms with van der Waals surface area (Å²) in [5, 5.41) is 9.83. The van der Waals surface area contributed by atoms with Gasteiger partial charge in [-0.05, 0) is 19.1 Å². The molecule has 18 heavy (non-hydrogen) atoms. The first kappa shape index (κ1) is 10.9. The van der Waals surface area contributed by atoms with Crippen molar-refractivity contribution in [3.63, 3.8) is 0 Å². The number of aromatic nitrogens is 4. The van der Waals surface area contributed by atoms with Crippen molar-refractivity contribution in [2.45, 2.75) is 13.5 Å². The van der Waals surface area contributed by atoms with E-state index in [1.54, 1.807) is 18.3 Å². The molecule has 2 aliphatic rings. The third-order valence-electron chi connectivity index (χ3n) is 2.67. The fraction of sp³-hybridized carbons (Fsp3) is 0.250. The lowest BCUT2D eigenvalue weighted by Crippen LogP contribution is -1.98. The summed E-state index contributed by atoms with van der Waals surface area (Å²) < 4.78 is 6.29. The second kappa shape index (κ2) is 4.23. The van der Waals surface area contributed by atoms with Crippen molar-refractivity contribution in [2.24, 2.45) is 0 Å². The van der Waals surface area contributed by atoms with E-state index in [1.165, 1.54) is 6.20 Å². The van der Waals surface area contributed by atoms with E-state index in [2.05, 4.69) is 15.0 Å². The van der Waals surface area contributed by atoms with Crippen LogP contribution in [-0.4, -0.2) is 31.5 Å². The zero-order valence-corrected chi connectivity index (χ0v) is 9.87. The zero-order chi connectivity index (χ0) is 12.5. The van der Waals surface area contributed by atoms with Crippen molar-refractivity contribution < 1.29 is 9.94 Å². The quantitative estimate of drug-likeness (QED) is 0.710. The van der Waals surface area contributed by atoms with E-state index in [9.17, 15) is 5.21 Å². The van der Waals surface area contributed by atoms with E-state index in [-0.39, 0.29) is 0 Å². The molecule has 0 fully saturated rings. The monoisotopic (exact) mass is 244 g/mol. The lowest BCUT2D eigenvalue weighted by Gasteiger charge is -2.05. The summed E-state index contributed by atoms with van der Waals surface area (Å²) >= 11 is 0. The molecule has 0 bridgehead atoms. The molecule has 6 nitrogen and oxygen atoms in total. The zero-order valence-electron chi connectivity index (χ0n) is 9.87. The smallest absolute Gasteiger partial charge is 0.155 e. The van der Waals surface area contributed by atoms with Crippen molar-refractivity contribution >= 4 is 11.0 Å². The van der Waals surface area contributed by atoms with Crippen LogP contribution in [0.15, 0.2) is 24.5 Å². The molecule has 0 aromatic carbocycles. The van der Waals surface area contributed by atoms with Gasteiger partial charge in [-0.3, -0.25) is 4.98 Å². The normalized spacial score (nSPS) is 11.4. The van der Waals surface area contributed by atoms with Gasteiger partial charge in [0.1, 0.15) is 29.0 Å². The highest BCUT2D eigenvalue weighted by Gasteiger charge is 2.17. The maximum Gasteiger partial charge on any atom is 0.155 e. The van der Waals surface area contributed by atoms with E-state index >= 15 is 0 Å². The molecule has 92 valence electrons. The molecule has 2 aliphatic heterocycles. The summed E-state index contributed by atoms with van der Waals surface area (Å²) in [6, 6.07) is 3.54. The molecular formula is C12H12N4O2. The highest BCUT2D eigenvalue weighted by molar-refractivity contribution is 5.89. The van der Waals surface area contributed by atoms with Crippen molar-refractivity contribution in [3.8, 4) is 11.4 Å². The van der Waals surface area contributed by atoms with Gasteiger partial charge in [-0.2, -0.15) is 4.73 Å². The summed E-state index contributed by atoms with van der Waals surface area (Å²) in [5.41, 5.74) is 2.53. The Morgan fingerprint density at radius 3 is 3.11 bits per heavy atom. The molecule has 3 rings (SSSR count). The molecule has 6 heteroatoms. The van der Waals surface area contributed by atoms with Crippen LogP contribution < -0.4 is 0 Å². The Bertz CT molecular complexity index is 665. The maximum absolute atomic E-state index is 9.83. The van der Waals surface area contributed by atoms with Crippen molar-refractivity contribution in [1.82, 2.24) is 19.7 Å². The van der Waals surface area contributed by atoms with E-state index < -0.39 is 0 Å². The number of hydrogen-bond acceptors (Lipinski definition) is 5. The summed E-state index contributed by atoms with van der Waals surface area (Å²) in [6.45, 7) is 2.90. The van der Waals surface area contributed by atoms with E-state index in [0.717, 1.165) is 4.73 Å². The van der Waals surface area contributed by atoms with Crippen LogP contribution in [-0.2, 0) is 11.3 Å². The molecule has 0 atom stereocenters. The van der Waals surface area contributed by atoms with Crippen LogP contribution in [0, 0.1) is 0 Å². The first-order valence-electron chi connectivity index (χ1n) is 5.69. The number of hydrogen-bond donors (Lipinski definition) is 1. The topological polar surface area (TPSA) is 73.1 Å². The van der Waals surface area contributed by atoms with Crippen LogP contribution >= 0.6 is 0 Å². The van der Waals surface area contributed by atoms with Gasteiger partial charge in [-0.15, -0.1) is 0 Å². The van der Waals surface area contributed by atoms with E-state index in [4.69, 9.17) is 4.74 Å². The number of rotatable bonds is 3. The summed E-state index contributed by atoms with van der Waals surface area (Å²) in [4.78, 5) is 12.9. The summed E-state index contributed by atoms with van der Waals surface area (Å²) in [6.07, 6.45) is 3.19.